The minimum absolute atomic E-state index is 1.16. The predicted molar refractivity (Wildman–Crippen MR) is 143 cm³/mol. The third-order valence-electron chi connectivity index (χ3n) is 6.75. The molecule has 0 saturated carbocycles. The van der Waals surface area contributed by atoms with Gasteiger partial charge in [-0.15, -0.1) is 0 Å². The minimum Gasteiger partial charge on any atom is -0.316 e. The SMILES string of the molecule is c1ccc(-c2ccc(-n3ccc4cc5c6ccccc6n(-c6ccccc6)c5cc43)cc2)cc1. The third-order valence-corrected chi connectivity index (χ3v) is 6.75. The van der Waals surface area contributed by atoms with Gasteiger partial charge in [-0.05, 0) is 59.7 Å². The molecule has 0 unspecified atom stereocenters. The molecule has 0 radical (unpaired) electrons. The Morgan fingerprint density at radius 1 is 0.412 bits per heavy atom. The van der Waals surface area contributed by atoms with Crippen molar-refractivity contribution in [2.24, 2.45) is 0 Å². The van der Waals surface area contributed by atoms with E-state index in [-0.39, 0.29) is 0 Å². The van der Waals surface area contributed by atoms with Crippen LogP contribution in [0.3, 0.4) is 0 Å². The average Bonchev–Trinajstić information content (AvgIpc) is 3.47. The van der Waals surface area contributed by atoms with Crippen LogP contribution in [-0.2, 0) is 0 Å². The molecule has 5 aromatic carbocycles. The first-order valence-electron chi connectivity index (χ1n) is 11.6. The van der Waals surface area contributed by atoms with Crippen LogP contribution in [0.25, 0.3) is 55.2 Å². The fourth-order valence-corrected chi connectivity index (χ4v) is 5.12. The maximum absolute atomic E-state index is 2.37. The molecule has 0 aliphatic rings. The Kier molecular flexibility index (Phi) is 4.18. The van der Waals surface area contributed by atoms with E-state index in [0.29, 0.717) is 0 Å². The van der Waals surface area contributed by atoms with Crippen molar-refractivity contribution in [1.29, 1.82) is 0 Å². The fourth-order valence-electron chi connectivity index (χ4n) is 5.12. The van der Waals surface area contributed by atoms with Crippen LogP contribution >= 0.6 is 0 Å². The van der Waals surface area contributed by atoms with Crippen molar-refractivity contribution in [2.45, 2.75) is 0 Å². The number of benzene rings is 5. The first-order valence-corrected chi connectivity index (χ1v) is 11.6. The summed E-state index contributed by atoms with van der Waals surface area (Å²) >= 11 is 0. The van der Waals surface area contributed by atoms with Gasteiger partial charge in [0.05, 0.1) is 16.6 Å². The Morgan fingerprint density at radius 2 is 1.09 bits per heavy atom. The first kappa shape index (κ1) is 19.0. The summed E-state index contributed by atoms with van der Waals surface area (Å²) in [5, 5.41) is 3.81. The molecule has 7 rings (SSSR count). The maximum atomic E-state index is 2.37. The Morgan fingerprint density at radius 3 is 1.88 bits per heavy atom. The molecule has 7 aromatic rings. The van der Waals surface area contributed by atoms with Crippen molar-refractivity contribution >= 4 is 32.7 Å². The summed E-state index contributed by atoms with van der Waals surface area (Å²) < 4.78 is 4.66. The molecule has 2 heterocycles. The number of aromatic nitrogens is 2. The monoisotopic (exact) mass is 434 g/mol. The minimum atomic E-state index is 1.16. The fraction of sp³-hybridized carbons (Fsp3) is 0. The van der Waals surface area contributed by atoms with Gasteiger partial charge in [0.15, 0.2) is 0 Å². The smallest absolute Gasteiger partial charge is 0.0562 e. The van der Waals surface area contributed by atoms with Crippen molar-refractivity contribution < 1.29 is 0 Å². The van der Waals surface area contributed by atoms with E-state index in [9.17, 15) is 0 Å². The Labute approximate surface area is 197 Å². The van der Waals surface area contributed by atoms with E-state index in [0.717, 1.165) is 5.69 Å². The maximum Gasteiger partial charge on any atom is 0.0562 e. The van der Waals surface area contributed by atoms with Gasteiger partial charge in [-0.25, -0.2) is 0 Å². The van der Waals surface area contributed by atoms with Crippen LogP contribution in [0.4, 0.5) is 0 Å². The van der Waals surface area contributed by atoms with E-state index in [2.05, 4.69) is 143 Å². The number of hydrogen-bond donors (Lipinski definition) is 0. The van der Waals surface area contributed by atoms with Crippen LogP contribution < -0.4 is 0 Å². The van der Waals surface area contributed by atoms with Gasteiger partial charge in [-0.2, -0.15) is 0 Å². The van der Waals surface area contributed by atoms with E-state index in [1.165, 1.54) is 49.5 Å². The average molecular weight is 435 g/mol. The Bertz CT molecular complexity index is 1770. The molecule has 160 valence electrons. The summed E-state index contributed by atoms with van der Waals surface area (Å²) in [6, 6.07) is 45.5. The van der Waals surface area contributed by atoms with Crippen molar-refractivity contribution in [3.63, 3.8) is 0 Å². The zero-order chi connectivity index (χ0) is 22.5. The normalized spacial score (nSPS) is 11.5. The molecule has 0 spiro atoms. The molecule has 0 aliphatic heterocycles. The van der Waals surface area contributed by atoms with Crippen molar-refractivity contribution in [3.05, 3.63) is 134 Å². The second kappa shape index (κ2) is 7.50. The quantitative estimate of drug-likeness (QED) is 0.264. The molecule has 0 bridgehead atoms. The number of para-hydroxylation sites is 2. The summed E-state index contributed by atoms with van der Waals surface area (Å²) in [6.45, 7) is 0. The van der Waals surface area contributed by atoms with Gasteiger partial charge in [0.1, 0.15) is 0 Å². The van der Waals surface area contributed by atoms with Crippen LogP contribution in [0.5, 0.6) is 0 Å². The van der Waals surface area contributed by atoms with E-state index >= 15 is 0 Å². The summed E-state index contributed by atoms with van der Waals surface area (Å²) in [4.78, 5) is 0. The summed E-state index contributed by atoms with van der Waals surface area (Å²) in [7, 11) is 0. The van der Waals surface area contributed by atoms with E-state index in [4.69, 9.17) is 0 Å². The number of nitrogens with zero attached hydrogens (tertiary/aromatic N) is 2. The lowest BCUT2D eigenvalue weighted by molar-refractivity contribution is 1.13. The Hall–Kier alpha value is -4.56. The summed E-state index contributed by atoms with van der Waals surface area (Å²) in [5.41, 5.74) is 8.47. The number of rotatable bonds is 3. The molecule has 2 nitrogen and oxygen atoms in total. The van der Waals surface area contributed by atoms with Gasteiger partial charge < -0.3 is 9.13 Å². The summed E-state index contributed by atoms with van der Waals surface area (Å²) in [5.74, 6) is 0. The molecule has 0 saturated heterocycles. The lowest BCUT2D eigenvalue weighted by Crippen LogP contribution is -1.95. The first-order chi connectivity index (χ1) is 16.9. The van der Waals surface area contributed by atoms with Gasteiger partial charge in [0.2, 0.25) is 0 Å². The molecule has 0 N–H and O–H groups in total. The molecule has 0 amide bonds. The number of hydrogen-bond acceptors (Lipinski definition) is 0. The van der Waals surface area contributed by atoms with Crippen LogP contribution in [0.15, 0.2) is 134 Å². The summed E-state index contributed by atoms with van der Waals surface area (Å²) in [6.07, 6.45) is 2.18. The predicted octanol–water partition coefficient (Wildman–Crippen LogP) is 8.39. The molecule has 34 heavy (non-hydrogen) atoms. The highest BCUT2D eigenvalue weighted by Crippen LogP contribution is 2.35. The topological polar surface area (TPSA) is 9.86 Å². The zero-order valence-electron chi connectivity index (χ0n) is 18.6. The van der Waals surface area contributed by atoms with Crippen LogP contribution in [0.1, 0.15) is 0 Å². The standard InChI is InChI=1S/C32H22N2/c1-3-9-23(10-4-1)24-15-17-26(18-16-24)33-20-19-25-21-29-28-13-7-8-14-30(28)34(32(29)22-31(25)33)27-11-5-2-6-12-27/h1-22H. The number of fused-ring (bicyclic) bond motifs is 4. The molecular weight excluding hydrogens is 412 g/mol. The van der Waals surface area contributed by atoms with Crippen molar-refractivity contribution in [2.75, 3.05) is 0 Å². The lowest BCUT2D eigenvalue weighted by Gasteiger charge is -2.10. The second-order valence-corrected chi connectivity index (χ2v) is 8.71. The van der Waals surface area contributed by atoms with Gasteiger partial charge in [-0.3, -0.25) is 0 Å². The largest absolute Gasteiger partial charge is 0.316 e. The highest BCUT2D eigenvalue weighted by atomic mass is 15.0. The van der Waals surface area contributed by atoms with E-state index in [1.807, 2.05) is 0 Å². The molecule has 0 atom stereocenters. The van der Waals surface area contributed by atoms with Gasteiger partial charge in [-0.1, -0.05) is 78.9 Å². The van der Waals surface area contributed by atoms with Crippen LogP contribution in [-0.4, -0.2) is 9.13 Å². The molecule has 2 heteroatoms. The third kappa shape index (κ3) is 2.89. The van der Waals surface area contributed by atoms with E-state index in [1.54, 1.807) is 0 Å². The molecule has 0 aliphatic carbocycles. The molecule has 0 fully saturated rings. The Balaban J connectivity index is 1.44. The highest BCUT2D eigenvalue weighted by molar-refractivity contribution is 6.13. The van der Waals surface area contributed by atoms with Gasteiger partial charge in [0, 0.05) is 33.7 Å². The van der Waals surface area contributed by atoms with Crippen LogP contribution in [0, 0.1) is 0 Å². The van der Waals surface area contributed by atoms with Crippen LogP contribution in [0.2, 0.25) is 0 Å². The van der Waals surface area contributed by atoms with Gasteiger partial charge in [0.25, 0.3) is 0 Å². The zero-order valence-corrected chi connectivity index (χ0v) is 18.6. The second-order valence-electron chi connectivity index (χ2n) is 8.71. The lowest BCUT2D eigenvalue weighted by atomic mass is 10.1. The molecule has 2 aromatic heterocycles. The van der Waals surface area contributed by atoms with Crippen molar-refractivity contribution in [1.82, 2.24) is 9.13 Å². The van der Waals surface area contributed by atoms with Gasteiger partial charge >= 0.3 is 0 Å². The van der Waals surface area contributed by atoms with E-state index < -0.39 is 0 Å². The van der Waals surface area contributed by atoms with Crippen molar-refractivity contribution in [3.8, 4) is 22.5 Å². The highest BCUT2D eigenvalue weighted by Gasteiger charge is 2.14. The molecular formula is C32H22N2.